The molecule has 2 aromatic carbocycles. The van der Waals surface area contributed by atoms with Crippen molar-refractivity contribution in [3.05, 3.63) is 54.3 Å². The minimum absolute atomic E-state index is 0.156. The van der Waals surface area contributed by atoms with Crippen molar-refractivity contribution in [3.63, 3.8) is 0 Å². The van der Waals surface area contributed by atoms with Gasteiger partial charge >= 0.3 is 0 Å². The molecule has 2 rings (SSSR count). The van der Waals surface area contributed by atoms with Gasteiger partial charge < -0.3 is 10.5 Å². The van der Waals surface area contributed by atoms with Crippen molar-refractivity contribution in [1.82, 2.24) is 0 Å². The number of amides is 1. The number of primary amides is 1. The number of rotatable bonds is 7. The monoisotopic (exact) mass is 352 g/mol. The van der Waals surface area contributed by atoms with Crippen LogP contribution in [0, 0.1) is 5.82 Å². The molecule has 0 aliphatic rings. The highest BCUT2D eigenvalue weighted by Gasteiger charge is 2.28. The van der Waals surface area contributed by atoms with Crippen molar-refractivity contribution in [2.75, 3.05) is 17.5 Å². The summed E-state index contributed by atoms with van der Waals surface area (Å²) in [6, 6.07) is 10.7. The van der Waals surface area contributed by atoms with Gasteiger partial charge in [0.2, 0.25) is 5.91 Å². The number of carbonyl (C=O) groups excluding carboxylic acids is 1. The molecule has 0 spiro atoms. The molecular weight excluding hydrogens is 335 g/mol. The number of hydrogen-bond acceptors (Lipinski definition) is 4. The predicted octanol–water partition coefficient (Wildman–Crippen LogP) is 1.91. The molecule has 2 aromatic rings. The Labute approximate surface area is 139 Å². The van der Waals surface area contributed by atoms with Crippen molar-refractivity contribution in [3.8, 4) is 5.75 Å². The maximum absolute atomic E-state index is 13.1. The van der Waals surface area contributed by atoms with Crippen LogP contribution >= 0.6 is 0 Å². The summed E-state index contributed by atoms with van der Waals surface area (Å²) in [6.07, 6.45) is 0. The van der Waals surface area contributed by atoms with E-state index in [9.17, 15) is 17.6 Å². The van der Waals surface area contributed by atoms with Crippen LogP contribution in [0.2, 0.25) is 0 Å². The molecule has 0 aliphatic carbocycles. The Kier molecular flexibility index (Phi) is 5.40. The average Bonchev–Trinajstić information content (AvgIpc) is 2.54. The van der Waals surface area contributed by atoms with Crippen molar-refractivity contribution in [2.45, 2.75) is 11.8 Å². The lowest BCUT2D eigenvalue weighted by molar-refractivity contribution is -0.116. The summed E-state index contributed by atoms with van der Waals surface area (Å²) in [5.74, 6) is -1.09. The molecule has 0 aliphatic heterocycles. The van der Waals surface area contributed by atoms with Crippen molar-refractivity contribution in [1.29, 1.82) is 0 Å². The summed E-state index contributed by atoms with van der Waals surface area (Å²) in [7, 11) is -4.12. The van der Waals surface area contributed by atoms with Gasteiger partial charge in [-0.2, -0.15) is 0 Å². The first kappa shape index (κ1) is 17.7. The van der Waals surface area contributed by atoms with Gasteiger partial charge in [0.05, 0.1) is 17.2 Å². The zero-order valence-electron chi connectivity index (χ0n) is 13.0. The molecule has 0 aromatic heterocycles. The molecule has 0 saturated carbocycles. The lowest BCUT2D eigenvalue weighted by Gasteiger charge is -2.25. The van der Waals surface area contributed by atoms with Gasteiger partial charge in [0, 0.05) is 0 Å². The standard InChI is InChI=1S/C16H17FN2O4S/c1-2-23-15-6-4-3-5-14(15)19(11-16(18)20)24(21,22)13-9-7-12(17)8-10-13/h3-10H,2,11H2,1H3,(H2,18,20). The number of para-hydroxylation sites is 2. The number of halogens is 1. The molecule has 0 saturated heterocycles. The highest BCUT2D eigenvalue weighted by atomic mass is 32.2. The maximum atomic E-state index is 13.1. The molecule has 8 heteroatoms. The summed E-state index contributed by atoms with van der Waals surface area (Å²) in [5, 5.41) is 0. The molecule has 2 N–H and O–H groups in total. The van der Waals surface area contributed by atoms with E-state index in [0.29, 0.717) is 12.4 Å². The first-order valence-corrected chi connectivity index (χ1v) is 8.58. The average molecular weight is 352 g/mol. The van der Waals surface area contributed by atoms with Crippen molar-refractivity contribution in [2.24, 2.45) is 5.73 Å². The van der Waals surface area contributed by atoms with E-state index in [0.717, 1.165) is 28.6 Å². The van der Waals surface area contributed by atoms with Crippen molar-refractivity contribution >= 4 is 21.6 Å². The van der Waals surface area contributed by atoms with E-state index in [1.807, 2.05) is 0 Å². The minimum Gasteiger partial charge on any atom is -0.492 e. The quantitative estimate of drug-likeness (QED) is 0.824. The number of nitrogens with two attached hydrogens (primary N) is 1. The second-order valence-corrected chi connectivity index (χ2v) is 6.69. The fourth-order valence-electron chi connectivity index (χ4n) is 2.12. The van der Waals surface area contributed by atoms with Crippen LogP contribution in [0.3, 0.4) is 0 Å². The van der Waals surface area contributed by atoms with Crippen LogP contribution in [0.15, 0.2) is 53.4 Å². The second-order valence-electron chi connectivity index (χ2n) is 4.83. The van der Waals surface area contributed by atoms with E-state index >= 15 is 0 Å². The Morgan fingerprint density at radius 3 is 2.38 bits per heavy atom. The Morgan fingerprint density at radius 2 is 1.79 bits per heavy atom. The molecule has 128 valence electrons. The molecular formula is C16H17FN2O4S. The number of benzene rings is 2. The molecule has 0 heterocycles. The zero-order chi connectivity index (χ0) is 17.7. The summed E-state index contributed by atoms with van der Waals surface area (Å²) in [4.78, 5) is 11.2. The van der Waals surface area contributed by atoms with Crippen LogP contribution in [-0.4, -0.2) is 27.5 Å². The third kappa shape index (κ3) is 3.83. The lowest BCUT2D eigenvalue weighted by Crippen LogP contribution is -2.38. The van der Waals surface area contributed by atoms with Crippen LogP contribution in [0.5, 0.6) is 5.75 Å². The predicted molar refractivity (Wildman–Crippen MR) is 87.7 cm³/mol. The number of nitrogens with zero attached hydrogens (tertiary/aromatic N) is 1. The van der Waals surface area contributed by atoms with Gasteiger partial charge in [-0.05, 0) is 43.3 Å². The first-order valence-electron chi connectivity index (χ1n) is 7.14. The largest absolute Gasteiger partial charge is 0.492 e. The molecule has 0 bridgehead atoms. The molecule has 0 atom stereocenters. The van der Waals surface area contributed by atoms with Gasteiger partial charge in [-0.3, -0.25) is 9.10 Å². The Balaban J connectivity index is 2.57. The number of ether oxygens (including phenoxy) is 1. The third-order valence-electron chi connectivity index (χ3n) is 3.13. The smallest absolute Gasteiger partial charge is 0.264 e. The number of anilines is 1. The summed E-state index contributed by atoms with van der Waals surface area (Å²) in [5.41, 5.74) is 5.39. The van der Waals surface area contributed by atoms with Gasteiger partial charge in [0.15, 0.2) is 0 Å². The van der Waals surface area contributed by atoms with Crippen LogP contribution in [0.1, 0.15) is 6.92 Å². The number of hydrogen-bond donors (Lipinski definition) is 1. The highest BCUT2D eigenvalue weighted by molar-refractivity contribution is 7.92. The van der Waals surface area contributed by atoms with Gasteiger partial charge in [-0.15, -0.1) is 0 Å². The van der Waals surface area contributed by atoms with Crippen LogP contribution in [0.25, 0.3) is 0 Å². The fraction of sp³-hybridized carbons (Fsp3) is 0.188. The van der Waals surface area contributed by atoms with Crippen LogP contribution in [0.4, 0.5) is 10.1 Å². The van der Waals surface area contributed by atoms with E-state index in [1.165, 1.54) is 6.07 Å². The number of sulfonamides is 1. The number of carbonyl (C=O) groups is 1. The van der Waals surface area contributed by atoms with Gasteiger partial charge in [-0.1, -0.05) is 12.1 Å². The molecule has 1 amide bonds. The Morgan fingerprint density at radius 1 is 1.17 bits per heavy atom. The molecule has 6 nitrogen and oxygen atoms in total. The molecule has 0 fully saturated rings. The van der Waals surface area contributed by atoms with Gasteiger partial charge in [0.25, 0.3) is 10.0 Å². The van der Waals surface area contributed by atoms with Crippen molar-refractivity contribution < 1.29 is 22.3 Å². The highest BCUT2D eigenvalue weighted by Crippen LogP contribution is 2.32. The fourth-order valence-corrected chi connectivity index (χ4v) is 3.56. The zero-order valence-corrected chi connectivity index (χ0v) is 13.8. The van der Waals surface area contributed by atoms with Gasteiger partial charge in [0.1, 0.15) is 18.1 Å². The second kappa shape index (κ2) is 7.31. The SMILES string of the molecule is CCOc1ccccc1N(CC(N)=O)S(=O)(=O)c1ccc(F)cc1. The van der Waals surface area contributed by atoms with E-state index in [-0.39, 0.29) is 10.6 Å². The topological polar surface area (TPSA) is 89.7 Å². The molecule has 24 heavy (non-hydrogen) atoms. The van der Waals surface area contributed by atoms with Crippen LogP contribution < -0.4 is 14.8 Å². The van der Waals surface area contributed by atoms with E-state index in [2.05, 4.69) is 0 Å². The minimum atomic E-state index is -4.12. The Bertz CT molecular complexity index is 822. The summed E-state index contributed by atoms with van der Waals surface area (Å²) in [6.45, 7) is 1.51. The summed E-state index contributed by atoms with van der Waals surface area (Å²) >= 11 is 0. The lowest BCUT2D eigenvalue weighted by atomic mass is 10.3. The Hall–Kier alpha value is -2.61. The summed E-state index contributed by atoms with van der Waals surface area (Å²) < 4.78 is 45.1. The molecule has 0 unspecified atom stereocenters. The first-order chi connectivity index (χ1) is 11.4. The van der Waals surface area contributed by atoms with E-state index < -0.39 is 28.3 Å². The van der Waals surface area contributed by atoms with E-state index in [4.69, 9.17) is 10.5 Å². The van der Waals surface area contributed by atoms with Crippen LogP contribution in [-0.2, 0) is 14.8 Å². The normalized spacial score (nSPS) is 11.1. The molecule has 0 radical (unpaired) electrons. The van der Waals surface area contributed by atoms with Gasteiger partial charge in [-0.25, -0.2) is 12.8 Å². The maximum Gasteiger partial charge on any atom is 0.264 e. The third-order valence-corrected chi connectivity index (χ3v) is 4.91. The van der Waals surface area contributed by atoms with E-state index in [1.54, 1.807) is 25.1 Å².